The second-order valence-electron chi connectivity index (χ2n) is 6.56. The molecule has 0 spiro atoms. The maximum absolute atomic E-state index is 12.5. The van der Waals surface area contributed by atoms with Crippen molar-refractivity contribution in [3.05, 3.63) is 59.7 Å². The highest BCUT2D eigenvalue weighted by molar-refractivity contribution is 6.06. The normalized spacial score (nSPS) is 17.7. The second-order valence-corrected chi connectivity index (χ2v) is 6.56. The van der Waals surface area contributed by atoms with E-state index in [4.69, 9.17) is 4.74 Å². The topological polar surface area (TPSA) is 84.5 Å². The molecule has 2 unspecified atom stereocenters. The van der Waals surface area contributed by atoms with E-state index in [1.165, 1.54) is 0 Å². The molecule has 2 aromatic carbocycles. The average Bonchev–Trinajstić information content (AvgIpc) is 3.43. The Labute approximate surface area is 157 Å². The maximum atomic E-state index is 12.5. The molecule has 1 fully saturated rings. The van der Waals surface area contributed by atoms with E-state index >= 15 is 0 Å². The molecule has 1 aliphatic rings. The monoisotopic (exact) mass is 366 g/mol. The highest BCUT2D eigenvalue weighted by atomic mass is 16.5. The van der Waals surface area contributed by atoms with Crippen LogP contribution in [0, 0.1) is 18.8 Å². The van der Waals surface area contributed by atoms with Gasteiger partial charge in [-0.25, -0.2) is 4.79 Å². The third kappa shape index (κ3) is 4.53. The Morgan fingerprint density at radius 1 is 1.00 bits per heavy atom. The first-order chi connectivity index (χ1) is 13.0. The molecule has 2 atom stereocenters. The third-order valence-corrected chi connectivity index (χ3v) is 4.43. The van der Waals surface area contributed by atoms with Crippen LogP contribution in [0.1, 0.15) is 29.3 Å². The second kappa shape index (κ2) is 8.03. The maximum Gasteiger partial charge on any atom is 0.340 e. The Bertz CT molecular complexity index is 878. The van der Waals surface area contributed by atoms with Gasteiger partial charge in [-0.2, -0.15) is 0 Å². The van der Waals surface area contributed by atoms with Gasteiger partial charge in [-0.15, -0.1) is 0 Å². The van der Waals surface area contributed by atoms with Gasteiger partial charge in [0.2, 0.25) is 11.8 Å². The standard InChI is InChI=1S/C21H22N2O4/c1-3-27-21(26)15-9-4-5-10-18(15)23-20(25)17-12-16(17)19(24)22-14-8-6-7-13(2)11-14/h4-11,16-17H,3,12H2,1-2H3,(H,22,24)(H,23,25). The smallest absolute Gasteiger partial charge is 0.340 e. The summed E-state index contributed by atoms with van der Waals surface area (Å²) in [6, 6.07) is 14.2. The van der Waals surface area contributed by atoms with Crippen LogP contribution in [-0.4, -0.2) is 24.4 Å². The van der Waals surface area contributed by atoms with Crippen molar-refractivity contribution in [3.8, 4) is 0 Å². The Morgan fingerprint density at radius 3 is 2.41 bits per heavy atom. The number of hydrogen-bond acceptors (Lipinski definition) is 4. The van der Waals surface area contributed by atoms with E-state index in [1.807, 2.05) is 31.2 Å². The third-order valence-electron chi connectivity index (χ3n) is 4.43. The van der Waals surface area contributed by atoms with Crippen LogP contribution in [0.2, 0.25) is 0 Å². The van der Waals surface area contributed by atoms with Gasteiger partial charge in [-0.3, -0.25) is 9.59 Å². The molecule has 0 radical (unpaired) electrons. The lowest BCUT2D eigenvalue weighted by Gasteiger charge is -2.10. The molecule has 6 heteroatoms. The van der Waals surface area contributed by atoms with Gasteiger partial charge in [0.05, 0.1) is 29.7 Å². The number of nitrogens with one attached hydrogen (secondary N) is 2. The van der Waals surface area contributed by atoms with Crippen LogP contribution >= 0.6 is 0 Å². The van der Waals surface area contributed by atoms with Crippen molar-refractivity contribution in [2.75, 3.05) is 17.2 Å². The summed E-state index contributed by atoms with van der Waals surface area (Å²) in [5, 5.41) is 5.60. The number of benzene rings is 2. The fourth-order valence-corrected chi connectivity index (χ4v) is 2.94. The molecule has 0 saturated heterocycles. The minimum atomic E-state index is -0.488. The Morgan fingerprint density at radius 2 is 1.70 bits per heavy atom. The lowest BCUT2D eigenvalue weighted by Crippen LogP contribution is -2.21. The average molecular weight is 366 g/mol. The summed E-state index contributed by atoms with van der Waals surface area (Å²) in [6.45, 7) is 3.93. The first-order valence-electron chi connectivity index (χ1n) is 8.94. The molecule has 6 nitrogen and oxygen atoms in total. The molecular weight excluding hydrogens is 344 g/mol. The zero-order valence-electron chi connectivity index (χ0n) is 15.3. The number of esters is 1. The van der Waals surface area contributed by atoms with Gasteiger partial charge in [0.1, 0.15) is 0 Å². The number of ether oxygens (including phenoxy) is 1. The summed E-state index contributed by atoms with van der Waals surface area (Å²) >= 11 is 0. The number of para-hydroxylation sites is 1. The van der Waals surface area contributed by atoms with Crippen molar-refractivity contribution in [1.82, 2.24) is 0 Å². The van der Waals surface area contributed by atoms with Crippen LogP contribution in [0.15, 0.2) is 48.5 Å². The molecule has 0 aromatic heterocycles. The van der Waals surface area contributed by atoms with Crippen LogP contribution in [0.4, 0.5) is 11.4 Å². The van der Waals surface area contributed by atoms with Crippen LogP contribution in [0.3, 0.4) is 0 Å². The SMILES string of the molecule is CCOC(=O)c1ccccc1NC(=O)C1CC1C(=O)Nc1cccc(C)c1. The number of rotatable bonds is 6. The first-order valence-corrected chi connectivity index (χ1v) is 8.94. The highest BCUT2D eigenvalue weighted by Gasteiger charge is 2.48. The minimum absolute atomic E-state index is 0.167. The van der Waals surface area contributed by atoms with Gasteiger partial charge >= 0.3 is 5.97 Å². The fourth-order valence-electron chi connectivity index (χ4n) is 2.94. The first kappa shape index (κ1) is 18.6. The van der Waals surface area contributed by atoms with Gasteiger partial charge in [0, 0.05) is 5.69 Å². The van der Waals surface area contributed by atoms with Crippen molar-refractivity contribution in [2.24, 2.45) is 11.8 Å². The van der Waals surface area contributed by atoms with E-state index in [0.717, 1.165) is 11.3 Å². The number of anilines is 2. The molecule has 27 heavy (non-hydrogen) atoms. The number of carbonyl (C=O) groups excluding carboxylic acids is 3. The number of carbonyl (C=O) groups is 3. The van der Waals surface area contributed by atoms with Gasteiger partial charge in [-0.1, -0.05) is 24.3 Å². The van der Waals surface area contributed by atoms with Gasteiger partial charge in [-0.05, 0) is 50.1 Å². The van der Waals surface area contributed by atoms with Gasteiger partial charge < -0.3 is 15.4 Å². The predicted molar refractivity (Wildman–Crippen MR) is 102 cm³/mol. The van der Waals surface area contributed by atoms with E-state index in [1.54, 1.807) is 31.2 Å². The lowest BCUT2D eigenvalue weighted by molar-refractivity contribution is -0.122. The fraction of sp³-hybridized carbons (Fsp3) is 0.286. The van der Waals surface area contributed by atoms with Crippen LogP contribution in [0.5, 0.6) is 0 Å². The lowest BCUT2D eigenvalue weighted by atomic mass is 10.1. The zero-order valence-corrected chi connectivity index (χ0v) is 15.3. The largest absolute Gasteiger partial charge is 0.462 e. The molecule has 0 bridgehead atoms. The van der Waals surface area contributed by atoms with E-state index in [9.17, 15) is 14.4 Å². The molecule has 2 aromatic rings. The molecule has 3 rings (SSSR count). The van der Waals surface area contributed by atoms with Crippen molar-refractivity contribution < 1.29 is 19.1 Å². The Balaban J connectivity index is 1.61. The molecule has 0 aliphatic heterocycles. The summed E-state index contributed by atoms with van der Waals surface area (Å²) in [5.41, 5.74) is 2.46. The summed E-state index contributed by atoms with van der Waals surface area (Å²) in [4.78, 5) is 36.8. The van der Waals surface area contributed by atoms with Crippen molar-refractivity contribution in [2.45, 2.75) is 20.3 Å². The van der Waals surface area contributed by atoms with Crippen molar-refractivity contribution in [3.63, 3.8) is 0 Å². The molecule has 2 N–H and O–H groups in total. The quantitative estimate of drug-likeness (QED) is 0.768. The van der Waals surface area contributed by atoms with Gasteiger partial charge in [0.15, 0.2) is 0 Å². The molecule has 1 saturated carbocycles. The van der Waals surface area contributed by atoms with Crippen molar-refractivity contribution >= 4 is 29.2 Å². The van der Waals surface area contributed by atoms with Crippen LogP contribution < -0.4 is 10.6 Å². The van der Waals surface area contributed by atoms with E-state index in [0.29, 0.717) is 17.7 Å². The number of amides is 2. The van der Waals surface area contributed by atoms with Crippen LogP contribution in [0.25, 0.3) is 0 Å². The molecular formula is C21H22N2O4. The number of hydrogen-bond donors (Lipinski definition) is 2. The molecule has 2 amide bonds. The molecule has 1 aliphatic carbocycles. The highest BCUT2D eigenvalue weighted by Crippen LogP contribution is 2.40. The Kier molecular flexibility index (Phi) is 5.54. The summed E-state index contributed by atoms with van der Waals surface area (Å²) in [5.74, 6) is -1.68. The summed E-state index contributed by atoms with van der Waals surface area (Å²) in [6.07, 6.45) is 0.491. The predicted octanol–water partition coefficient (Wildman–Crippen LogP) is 3.39. The Hall–Kier alpha value is -3.15. The van der Waals surface area contributed by atoms with Gasteiger partial charge in [0.25, 0.3) is 0 Å². The summed E-state index contributed by atoms with van der Waals surface area (Å²) < 4.78 is 5.01. The van der Waals surface area contributed by atoms with Crippen LogP contribution in [-0.2, 0) is 14.3 Å². The zero-order chi connectivity index (χ0) is 19.4. The van der Waals surface area contributed by atoms with Crippen molar-refractivity contribution in [1.29, 1.82) is 0 Å². The molecule has 140 valence electrons. The summed E-state index contributed by atoms with van der Waals surface area (Å²) in [7, 11) is 0. The van der Waals surface area contributed by atoms with E-state index in [2.05, 4.69) is 10.6 Å². The van der Waals surface area contributed by atoms with E-state index in [-0.39, 0.29) is 24.3 Å². The minimum Gasteiger partial charge on any atom is -0.462 e. The molecule has 0 heterocycles. The number of aryl methyl sites for hydroxylation is 1. The van der Waals surface area contributed by atoms with E-state index < -0.39 is 11.9 Å².